The number of fused-ring (bicyclic) bond motifs is 1. The van der Waals surface area contributed by atoms with Crippen LogP contribution in [0.4, 0.5) is 0 Å². The van der Waals surface area contributed by atoms with Gasteiger partial charge in [0.05, 0.1) is 5.56 Å². The molecule has 0 N–H and O–H groups in total. The summed E-state index contributed by atoms with van der Waals surface area (Å²) in [5.74, 6) is 0.661. The zero-order chi connectivity index (χ0) is 17.1. The van der Waals surface area contributed by atoms with Crippen molar-refractivity contribution in [3.05, 3.63) is 101 Å². The Morgan fingerprint density at radius 2 is 1.48 bits per heavy atom. The minimum Gasteiger partial charge on any atom is -0.488 e. The highest BCUT2D eigenvalue weighted by Gasteiger charge is 2.12. The van der Waals surface area contributed by atoms with Crippen molar-refractivity contribution in [3.8, 4) is 16.9 Å². The zero-order valence-corrected chi connectivity index (χ0v) is 13.5. The van der Waals surface area contributed by atoms with Gasteiger partial charge >= 0.3 is 5.63 Å². The van der Waals surface area contributed by atoms with Gasteiger partial charge in [-0.3, -0.25) is 0 Å². The molecule has 0 spiro atoms. The first-order chi connectivity index (χ1) is 12.3. The van der Waals surface area contributed by atoms with E-state index in [1.807, 2.05) is 78.9 Å². The van der Waals surface area contributed by atoms with Crippen molar-refractivity contribution >= 4 is 11.0 Å². The van der Waals surface area contributed by atoms with Crippen LogP contribution in [0.1, 0.15) is 5.56 Å². The summed E-state index contributed by atoms with van der Waals surface area (Å²) in [5, 5.41) is 0.884. The molecule has 3 aromatic carbocycles. The lowest BCUT2D eigenvalue weighted by Gasteiger charge is -2.11. The van der Waals surface area contributed by atoms with Crippen LogP contribution in [-0.2, 0) is 6.61 Å². The van der Waals surface area contributed by atoms with Crippen LogP contribution < -0.4 is 10.4 Å². The van der Waals surface area contributed by atoms with Gasteiger partial charge in [0.1, 0.15) is 17.9 Å². The molecule has 3 nitrogen and oxygen atoms in total. The fraction of sp³-hybridized carbons (Fsp3) is 0.0455. The van der Waals surface area contributed by atoms with E-state index in [9.17, 15) is 4.79 Å². The summed E-state index contributed by atoms with van der Waals surface area (Å²) in [6.45, 7) is 0.441. The standard InChI is InChI=1S/C22H16O3/c23-22-19(14-17-10-4-6-12-20(17)25-22)18-11-5-7-13-21(18)24-15-16-8-2-1-3-9-16/h1-14H,15H2. The summed E-state index contributed by atoms with van der Waals surface area (Å²) < 4.78 is 11.4. The fourth-order valence-corrected chi connectivity index (χ4v) is 2.80. The Hall–Kier alpha value is -3.33. The molecule has 1 heterocycles. The highest BCUT2D eigenvalue weighted by molar-refractivity contribution is 5.82. The summed E-state index contributed by atoms with van der Waals surface area (Å²) >= 11 is 0. The van der Waals surface area contributed by atoms with Crippen molar-refractivity contribution in [1.29, 1.82) is 0 Å². The molecular weight excluding hydrogens is 312 g/mol. The third-order valence-electron chi connectivity index (χ3n) is 4.06. The Morgan fingerprint density at radius 1 is 0.760 bits per heavy atom. The van der Waals surface area contributed by atoms with Crippen LogP contribution >= 0.6 is 0 Å². The SMILES string of the molecule is O=c1oc2ccccc2cc1-c1ccccc1OCc1ccccc1. The molecule has 0 atom stereocenters. The number of ether oxygens (including phenoxy) is 1. The molecule has 4 aromatic rings. The fourth-order valence-electron chi connectivity index (χ4n) is 2.80. The maximum Gasteiger partial charge on any atom is 0.344 e. The quantitative estimate of drug-likeness (QED) is 0.493. The predicted molar refractivity (Wildman–Crippen MR) is 98.7 cm³/mol. The molecular formula is C22H16O3. The monoisotopic (exact) mass is 328 g/mol. The minimum atomic E-state index is -0.366. The smallest absolute Gasteiger partial charge is 0.344 e. The molecule has 0 amide bonds. The lowest BCUT2D eigenvalue weighted by atomic mass is 10.0. The molecule has 0 aliphatic rings. The van der Waals surface area contributed by atoms with Gasteiger partial charge in [-0.05, 0) is 23.8 Å². The second-order valence-corrected chi connectivity index (χ2v) is 5.76. The van der Waals surface area contributed by atoms with E-state index in [4.69, 9.17) is 9.15 Å². The number of para-hydroxylation sites is 2. The highest BCUT2D eigenvalue weighted by Crippen LogP contribution is 2.30. The van der Waals surface area contributed by atoms with E-state index in [0.717, 1.165) is 16.5 Å². The van der Waals surface area contributed by atoms with Gasteiger partial charge in [-0.2, -0.15) is 0 Å². The van der Waals surface area contributed by atoms with Crippen molar-refractivity contribution in [2.75, 3.05) is 0 Å². The van der Waals surface area contributed by atoms with Crippen molar-refractivity contribution < 1.29 is 9.15 Å². The molecule has 122 valence electrons. The Labute approximate surface area is 145 Å². The van der Waals surface area contributed by atoms with Gasteiger partial charge in [0.15, 0.2) is 0 Å². The number of hydrogen-bond donors (Lipinski definition) is 0. The lowest BCUT2D eigenvalue weighted by molar-refractivity contribution is 0.307. The first-order valence-corrected chi connectivity index (χ1v) is 8.10. The Kier molecular flexibility index (Phi) is 4.05. The Balaban J connectivity index is 1.74. The van der Waals surface area contributed by atoms with E-state index in [1.54, 1.807) is 6.07 Å². The van der Waals surface area contributed by atoms with Crippen LogP contribution in [0.25, 0.3) is 22.1 Å². The molecule has 0 saturated heterocycles. The minimum absolute atomic E-state index is 0.366. The van der Waals surface area contributed by atoms with Gasteiger partial charge in [0, 0.05) is 10.9 Å². The van der Waals surface area contributed by atoms with Crippen LogP contribution in [0, 0.1) is 0 Å². The van der Waals surface area contributed by atoms with E-state index in [2.05, 4.69) is 0 Å². The average molecular weight is 328 g/mol. The average Bonchev–Trinajstić information content (AvgIpc) is 2.67. The molecule has 0 fully saturated rings. The lowest BCUT2D eigenvalue weighted by Crippen LogP contribution is -2.04. The molecule has 0 unspecified atom stereocenters. The van der Waals surface area contributed by atoms with Gasteiger partial charge < -0.3 is 9.15 Å². The van der Waals surface area contributed by atoms with Gasteiger partial charge in [0.2, 0.25) is 0 Å². The Morgan fingerprint density at radius 3 is 2.36 bits per heavy atom. The van der Waals surface area contributed by atoms with Gasteiger partial charge in [-0.1, -0.05) is 66.7 Å². The third kappa shape index (κ3) is 3.17. The van der Waals surface area contributed by atoms with E-state index in [0.29, 0.717) is 23.5 Å². The van der Waals surface area contributed by atoms with E-state index in [-0.39, 0.29) is 5.63 Å². The molecule has 3 heteroatoms. The van der Waals surface area contributed by atoms with Crippen LogP contribution in [0.5, 0.6) is 5.75 Å². The Bertz CT molecular complexity index is 1070. The van der Waals surface area contributed by atoms with Crippen molar-refractivity contribution in [2.45, 2.75) is 6.61 Å². The van der Waals surface area contributed by atoms with Crippen molar-refractivity contribution in [2.24, 2.45) is 0 Å². The van der Waals surface area contributed by atoms with Gasteiger partial charge in [-0.25, -0.2) is 4.79 Å². The van der Waals surface area contributed by atoms with E-state index < -0.39 is 0 Å². The van der Waals surface area contributed by atoms with Gasteiger partial charge in [0.25, 0.3) is 0 Å². The first-order valence-electron chi connectivity index (χ1n) is 8.10. The predicted octanol–water partition coefficient (Wildman–Crippen LogP) is 5.04. The molecule has 25 heavy (non-hydrogen) atoms. The maximum atomic E-state index is 12.4. The zero-order valence-electron chi connectivity index (χ0n) is 13.5. The first kappa shape index (κ1) is 15.2. The number of hydrogen-bond acceptors (Lipinski definition) is 3. The normalized spacial score (nSPS) is 10.7. The van der Waals surface area contributed by atoms with Crippen molar-refractivity contribution in [1.82, 2.24) is 0 Å². The molecule has 4 rings (SSSR count). The summed E-state index contributed by atoms with van der Waals surface area (Å²) in [4.78, 5) is 12.4. The summed E-state index contributed by atoms with van der Waals surface area (Å²) in [5.41, 5.74) is 2.52. The molecule has 0 saturated carbocycles. The topological polar surface area (TPSA) is 39.4 Å². The summed E-state index contributed by atoms with van der Waals surface area (Å²) in [7, 11) is 0. The molecule has 0 aliphatic heterocycles. The second-order valence-electron chi connectivity index (χ2n) is 5.76. The third-order valence-corrected chi connectivity index (χ3v) is 4.06. The maximum absolute atomic E-state index is 12.4. The molecule has 1 aromatic heterocycles. The van der Waals surface area contributed by atoms with Crippen molar-refractivity contribution in [3.63, 3.8) is 0 Å². The number of rotatable bonds is 4. The molecule has 0 bridgehead atoms. The number of benzene rings is 3. The van der Waals surface area contributed by atoms with Crippen LogP contribution in [0.15, 0.2) is 94.1 Å². The largest absolute Gasteiger partial charge is 0.488 e. The molecule has 0 aliphatic carbocycles. The molecule has 0 radical (unpaired) electrons. The van der Waals surface area contributed by atoms with Crippen LogP contribution in [-0.4, -0.2) is 0 Å². The van der Waals surface area contributed by atoms with E-state index in [1.165, 1.54) is 0 Å². The second kappa shape index (κ2) is 6.65. The summed E-state index contributed by atoms with van der Waals surface area (Å²) in [6, 6.07) is 26.8. The summed E-state index contributed by atoms with van der Waals surface area (Å²) in [6.07, 6.45) is 0. The van der Waals surface area contributed by atoms with E-state index >= 15 is 0 Å². The van der Waals surface area contributed by atoms with Crippen LogP contribution in [0.3, 0.4) is 0 Å². The van der Waals surface area contributed by atoms with Gasteiger partial charge in [-0.15, -0.1) is 0 Å². The van der Waals surface area contributed by atoms with Crippen LogP contribution in [0.2, 0.25) is 0 Å². The highest BCUT2D eigenvalue weighted by atomic mass is 16.5.